The van der Waals surface area contributed by atoms with Gasteiger partial charge in [0.2, 0.25) is 0 Å². The molecule has 2 heterocycles. The van der Waals surface area contributed by atoms with Crippen molar-refractivity contribution in [2.45, 2.75) is 40.0 Å². The van der Waals surface area contributed by atoms with Crippen molar-refractivity contribution in [1.29, 1.82) is 0 Å². The van der Waals surface area contributed by atoms with E-state index >= 15 is 0 Å². The summed E-state index contributed by atoms with van der Waals surface area (Å²) < 4.78 is 0. The van der Waals surface area contributed by atoms with Crippen LogP contribution in [0.4, 0.5) is 11.5 Å². The number of fused-ring (bicyclic) bond motifs is 3. The molecule has 0 bridgehead atoms. The molecule has 0 spiro atoms. The number of thiophene rings is 1. The standard InChI is InChI=1S/C18H19N3S/c1-10-7-11(2)16(12(3)8-10)21-17-15-13-5-4-6-14(13)22-18(15)20-9-19-17/h7-9H,4-6H2,1-3H3,(H,19,20,21). The number of hydrogen-bond acceptors (Lipinski definition) is 4. The predicted molar refractivity (Wildman–Crippen MR) is 93.4 cm³/mol. The molecule has 0 fully saturated rings. The van der Waals surface area contributed by atoms with Crippen molar-refractivity contribution in [2.75, 3.05) is 5.32 Å². The second-order valence-corrected chi connectivity index (χ2v) is 7.24. The average molecular weight is 309 g/mol. The number of hydrogen-bond donors (Lipinski definition) is 1. The van der Waals surface area contributed by atoms with Gasteiger partial charge in [0.25, 0.3) is 0 Å². The third-order valence-electron chi connectivity index (χ3n) is 4.42. The number of rotatable bonds is 2. The Morgan fingerprint density at radius 3 is 2.59 bits per heavy atom. The SMILES string of the molecule is Cc1cc(C)c(Nc2ncnc3sc4c(c23)CCC4)c(C)c1. The third-order valence-corrected chi connectivity index (χ3v) is 5.62. The van der Waals surface area contributed by atoms with Gasteiger partial charge >= 0.3 is 0 Å². The highest BCUT2D eigenvalue weighted by Crippen LogP contribution is 2.40. The Balaban J connectivity index is 1.86. The molecule has 1 aliphatic rings. The molecular formula is C18H19N3S. The van der Waals surface area contributed by atoms with Crippen molar-refractivity contribution in [1.82, 2.24) is 9.97 Å². The van der Waals surface area contributed by atoms with Crippen LogP contribution in [0, 0.1) is 20.8 Å². The van der Waals surface area contributed by atoms with Crippen LogP contribution in [0.3, 0.4) is 0 Å². The second kappa shape index (κ2) is 5.06. The first-order valence-corrected chi connectivity index (χ1v) is 8.55. The molecule has 1 aliphatic carbocycles. The number of benzene rings is 1. The van der Waals surface area contributed by atoms with Gasteiger partial charge in [0.1, 0.15) is 17.0 Å². The summed E-state index contributed by atoms with van der Waals surface area (Å²) in [6.07, 6.45) is 5.28. The third kappa shape index (κ3) is 2.10. The number of aryl methyl sites for hydroxylation is 5. The monoisotopic (exact) mass is 309 g/mol. The molecule has 3 aromatic rings. The van der Waals surface area contributed by atoms with E-state index < -0.39 is 0 Å². The highest BCUT2D eigenvalue weighted by Gasteiger charge is 2.21. The summed E-state index contributed by atoms with van der Waals surface area (Å²) in [7, 11) is 0. The molecule has 1 N–H and O–H groups in total. The van der Waals surface area contributed by atoms with Crippen LogP contribution in [-0.4, -0.2) is 9.97 Å². The number of aromatic nitrogens is 2. The van der Waals surface area contributed by atoms with E-state index in [2.05, 4.69) is 48.2 Å². The lowest BCUT2D eigenvalue weighted by Gasteiger charge is -2.14. The Hall–Kier alpha value is -1.94. The summed E-state index contributed by atoms with van der Waals surface area (Å²) in [5, 5.41) is 4.82. The van der Waals surface area contributed by atoms with E-state index in [1.165, 1.54) is 51.0 Å². The largest absolute Gasteiger partial charge is 0.339 e. The summed E-state index contributed by atoms with van der Waals surface area (Å²) in [6.45, 7) is 6.44. The van der Waals surface area contributed by atoms with Gasteiger partial charge in [-0.25, -0.2) is 9.97 Å². The van der Waals surface area contributed by atoms with Gasteiger partial charge in [-0.15, -0.1) is 11.3 Å². The minimum Gasteiger partial charge on any atom is -0.339 e. The van der Waals surface area contributed by atoms with Crippen molar-refractivity contribution >= 4 is 33.1 Å². The maximum Gasteiger partial charge on any atom is 0.142 e. The van der Waals surface area contributed by atoms with Crippen LogP contribution in [0.5, 0.6) is 0 Å². The van der Waals surface area contributed by atoms with E-state index in [0.29, 0.717) is 0 Å². The van der Waals surface area contributed by atoms with Crippen LogP contribution in [0.1, 0.15) is 33.6 Å². The Labute approximate surface area is 134 Å². The Kier molecular flexibility index (Phi) is 3.15. The van der Waals surface area contributed by atoms with Gasteiger partial charge in [-0.1, -0.05) is 17.7 Å². The smallest absolute Gasteiger partial charge is 0.142 e. The summed E-state index contributed by atoms with van der Waals surface area (Å²) in [4.78, 5) is 11.6. The lowest BCUT2D eigenvalue weighted by Crippen LogP contribution is -2.00. The Morgan fingerprint density at radius 1 is 1.05 bits per heavy atom. The lowest BCUT2D eigenvalue weighted by molar-refractivity contribution is 0.917. The topological polar surface area (TPSA) is 37.8 Å². The number of anilines is 2. The first kappa shape index (κ1) is 13.7. The predicted octanol–water partition coefficient (Wildman–Crippen LogP) is 4.85. The van der Waals surface area contributed by atoms with Crippen LogP contribution in [-0.2, 0) is 12.8 Å². The second-order valence-electron chi connectivity index (χ2n) is 6.16. The van der Waals surface area contributed by atoms with Gasteiger partial charge in [-0.05, 0) is 56.7 Å². The maximum atomic E-state index is 4.54. The van der Waals surface area contributed by atoms with Crippen molar-refractivity contribution in [2.24, 2.45) is 0 Å². The molecule has 4 rings (SSSR count). The van der Waals surface area contributed by atoms with Crippen LogP contribution >= 0.6 is 11.3 Å². The highest BCUT2D eigenvalue weighted by molar-refractivity contribution is 7.19. The molecule has 112 valence electrons. The number of nitrogens with one attached hydrogen (secondary N) is 1. The lowest BCUT2D eigenvalue weighted by atomic mass is 10.0. The van der Waals surface area contributed by atoms with E-state index in [1.807, 2.05) is 11.3 Å². The summed E-state index contributed by atoms with van der Waals surface area (Å²) >= 11 is 1.83. The fourth-order valence-electron chi connectivity index (χ4n) is 3.52. The summed E-state index contributed by atoms with van der Waals surface area (Å²) in [6, 6.07) is 4.43. The van der Waals surface area contributed by atoms with E-state index in [9.17, 15) is 0 Å². The van der Waals surface area contributed by atoms with Crippen molar-refractivity contribution in [3.8, 4) is 0 Å². The number of nitrogens with zero attached hydrogens (tertiary/aromatic N) is 2. The minimum absolute atomic E-state index is 0.958. The molecule has 3 nitrogen and oxygen atoms in total. The Morgan fingerprint density at radius 2 is 1.82 bits per heavy atom. The molecular weight excluding hydrogens is 290 g/mol. The average Bonchev–Trinajstić information content (AvgIpc) is 3.03. The molecule has 0 radical (unpaired) electrons. The van der Waals surface area contributed by atoms with Crippen molar-refractivity contribution in [3.05, 3.63) is 45.6 Å². The first-order valence-electron chi connectivity index (χ1n) is 7.73. The zero-order valence-corrected chi connectivity index (χ0v) is 14.0. The molecule has 0 atom stereocenters. The van der Waals surface area contributed by atoms with Crippen molar-refractivity contribution in [3.63, 3.8) is 0 Å². The van der Waals surface area contributed by atoms with Gasteiger partial charge in [0.15, 0.2) is 0 Å². The fraction of sp³-hybridized carbons (Fsp3) is 0.333. The van der Waals surface area contributed by atoms with Gasteiger partial charge in [0.05, 0.1) is 5.39 Å². The quantitative estimate of drug-likeness (QED) is 0.735. The molecule has 4 heteroatoms. The van der Waals surface area contributed by atoms with Crippen LogP contribution in [0.15, 0.2) is 18.5 Å². The van der Waals surface area contributed by atoms with Gasteiger partial charge < -0.3 is 5.32 Å². The summed E-state index contributed by atoms with van der Waals surface area (Å²) in [5.74, 6) is 0.958. The molecule has 0 aliphatic heterocycles. The van der Waals surface area contributed by atoms with Crippen molar-refractivity contribution < 1.29 is 0 Å². The van der Waals surface area contributed by atoms with E-state index in [-0.39, 0.29) is 0 Å². The Bertz CT molecular complexity index is 856. The highest BCUT2D eigenvalue weighted by atomic mass is 32.1. The van der Waals surface area contributed by atoms with Crippen LogP contribution in [0.25, 0.3) is 10.2 Å². The zero-order valence-electron chi connectivity index (χ0n) is 13.2. The van der Waals surface area contributed by atoms with E-state index in [4.69, 9.17) is 0 Å². The molecule has 0 saturated heterocycles. The summed E-state index contributed by atoms with van der Waals surface area (Å²) in [5.41, 5.74) is 6.45. The molecule has 0 amide bonds. The normalized spacial score (nSPS) is 13.6. The van der Waals surface area contributed by atoms with E-state index in [1.54, 1.807) is 6.33 Å². The molecule has 2 aromatic heterocycles. The molecule has 1 aromatic carbocycles. The fourth-order valence-corrected chi connectivity index (χ4v) is 4.75. The van der Waals surface area contributed by atoms with Gasteiger partial charge in [-0.3, -0.25) is 0 Å². The van der Waals surface area contributed by atoms with E-state index in [0.717, 1.165) is 17.1 Å². The van der Waals surface area contributed by atoms with Crippen LogP contribution in [0.2, 0.25) is 0 Å². The van der Waals surface area contributed by atoms with Gasteiger partial charge in [0, 0.05) is 10.6 Å². The molecule has 22 heavy (non-hydrogen) atoms. The maximum absolute atomic E-state index is 4.54. The minimum atomic E-state index is 0.958. The van der Waals surface area contributed by atoms with Gasteiger partial charge in [-0.2, -0.15) is 0 Å². The first-order chi connectivity index (χ1) is 10.6. The molecule has 0 unspecified atom stereocenters. The van der Waals surface area contributed by atoms with Crippen LogP contribution < -0.4 is 5.32 Å². The molecule has 0 saturated carbocycles. The zero-order chi connectivity index (χ0) is 15.3.